The average molecular weight is 512 g/mol. The highest BCUT2D eigenvalue weighted by Gasteiger charge is 2.54. The van der Waals surface area contributed by atoms with Crippen LogP contribution in [0.1, 0.15) is 80.3 Å². The van der Waals surface area contributed by atoms with Crippen LogP contribution in [0.5, 0.6) is 5.75 Å². The number of para-hydroxylation sites is 1. The number of carbonyl (C=O) groups is 1. The first-order valence-electron chi connectivity index (χ1n) is 13.7. The van der Waals surface area contributed by atoms with Crippen molar-refractivity contribution in [2.24, 2.45) is 0 Å². The van der Waals surface area contributed by atoms with Gasteiger partial charge in [0.1, 0.15) is 11.4 Å². The molecule has 1 aliphatic heterocycles. The Hall–Kier alpha value is -3.80. The van der Waals surface area contributed by atoms with Crippen molar-refractivity contribution in [3.63, 3.8) is 0 Å². The summed E-state index contributed by atoms with van der Waals surface area (Å²) in [7, 11) is 0. The van der Waals surface area contributed by atoms with Gasteiger partial charge in [0.25, 0.3) is 0 Å². The predicted molar refractivity (Wildman–Crippen MR) is 152 cm³/mol. The largest absolute Gasteiger partial charge is 0.493 e. The van der Waals surface area contributed by atoms with E-state index < -0.39 is 5.60 Å². The molecule has 0 bridgehead atoms. The van der Waals surface area contributed by atoms with Crippen molar-refractivity contribution in [2.75, 3.05) is 24.6 Å². The molecule has 38 heavy (non-hydrogen) atoms. The molecule has 4 aromatic rings. The molecule has 0 amide bonds. The topological polar surface area (TPSA) is 56.6 Å². The Labute approximate surface area is 225 Å². The van der Waals surface area contributed by atoms with Gasteiger partial charge in [0.2, 0.25) is 5.60 Å². The number of fused-ring (bicyclic) bond motifs is 2. The van der Waals surface area contributed by atoms with Gasteiger partial charge in [-0.05, 0) is 63.9 Å². The van der Waals surface area contributed by atoms with Gasteiger partial charge in [-0.15, -0.1) is 0 Å². The minimum absolute atomic E-state index is 0.172. The van der Waals surface area contributed by atoms with Crippen molar-refractivity contribution < 1.29 is 14.3 Å². The number of nitrogens with zero attached hydrogens (tertiary/aromatic N) is 3. The number of aryl methyl sites for hydroxylation is 1. The van der Waals surface area contributed by atoms with Crippen LogP contribution in [-0.2, 0) is 16.9 Å². The third-order valence-corrected chi connectivity index (χ3v) is 7.61. The first-order chi connectivity index (χ1) is 18.4. The lowest BCUT2D eigenvalue weighted by molar-refractivity contribution is 0.0236. The quantitative estimate of drug-likeness (QED) is 0.229. The van der Waals surface area contributed by atoms with E-state index in [1.54, 1.807) is 12.3 Å². The Kier molecular flexibility index (Phi) is 6.91. The van der Waals surface area contributed by atoms with Crippen LogP contribution in [0.2, 0.25) is 0 Å². The van der Waals surface area contributed by atoms with Crippen molar-refractivity contribution >= 4 is 22.6 Å². The number of ether oxygens (including phenoxy) is 2. The fourth-order valence-electron chi connectivity index (χ4n) is 6.08. The molecule has 2 aromatic carbocycles. The number of pyridine rings is 1. The lowest BCUT2D eigenvalue weighted by Crippen LogP contribution is -2.33. The highest BCUT2D eigenvalue weighted by molar-refractivity contribution is 5.98. The van der Waals surface area contributed by atoms with Crippen molar-refractivity contribution in [1.29, 1.82) is 0 Å². The van der Waals surface area contributed by atoms with Crippen LogP contribution in [0.4, 0.5) is 5.69 Å². The second-order valence-corrected chi connectivity index (χ2v) is 9.93. The lowest BCUT2D eigenvalue weighted by atomic mass is 9.79. The molecule has 2 aromatic heterocycles. The Bertz CT molecular complexity index is 1480. The predicted octanol–water partition coefficient (Wildman–Crippen LogP) is 6.89. The molecular weight excluding hydrogens is 474 g/mol. The SMILES string of the molecule is CCOc1cc(N(CC)CC)ccc1C1(c2c(C(C)C)n(CC)c3ccccc23)OC(=O)c2cccnc21. The molecule has 0 saturated heterocycles. The van der Waals surface area contributed by atoms with Crippen molar-refractivity contribution in [2.45, 2.75) is 59.6 Å². The molecule has 6 nitrogen and oxygen atoms in total. The summed E-state index contributed by atoms with van der Waals surface area (Å²) in [5.41, 5.74) is 4.94. The average Bonchev–Trinajstić information content (AvgIpc) is 3.43. The Morgan fingerprint density at radius 3 is 2.47 bits per heavy atom. The number of benzene rings is 2. The second-order valence-electron chi connectivity index (χ2n) is 9.93. The van der Waals surface area contributed by atoms with E-state index in [0.717, 1.165) is 53.0 Å². The van der Waals surface area contributed by atoms with E-state index in [4.69, 9.17) is 14.5 Å². The van der Waals surface area contributed by atoms with E-state index in [9.17, 15) is 4.79 Å². The Morgan fingerprint density at radius 2 is 1.79 bits per heavy atom. The molecule has 0 aliphatic carbocycles. The summed E-state index contributed by atoms with van der Waals surface area (Å²) < 4.78 is 15.2. The van der Waals surface area contributed by atoms with E-state index in [2.05, 4.69) is 80.5 Å². The zero-order valence-electron chi connectivity index (χ0n) is 23.2. The van der Waals surface area contributed by atoms with Crippen molar-refractivity contribution in [3.8, 4) is 5.75 Å². The van der Waals surface area contributed by atoms with Crippen LogP contribution in [0, 0.1) is 0 Å². The summed E-state index contributed by atoms with van der Waals surface area (Å²) in [6.07, 6.45) is 1.74. The molecule has 1 aliphatic rings. The van der Waals surface area contributed by atoms with E-state index in [1.807, 2.05) is 19.1 Å². The zero-order valence-corrected chi connectivity index (χ0v) is 23.2. The molecule has 0 radical (unpaired) electrons. The molecule has 0 N–H and O–H groups in total. The number of hydrogen-bond donors (Lipinski definition) is 0. The van der Waals surface area contributed by atoms with Crippen LogP contribution in [0.25, 0.3) is 10.9 Å². The third-order valence-electron chi connectivity index (χ3n) is 7.61. The summed E-state index contributed by atoms with van der Waals surface area (Å²) in [4.78, 5) is 20.7. The molecule has 1 atom stereocenters. The van der Waals surface area contributed by atoms with E-state index in [1.165, 1.54) is 0 Å². The first kappa shape index (κ1) is 25.8. The smallest absolute Gasteiger partial charge is 0.341 e. The van der Waals surface area contributed by atoms with Gasteiger partial charge in [0.05, 0.1) is 12.2 Å². The van der Waals surface area contributed by atoms with Gasteiger partial charge in [-0.25, -0.2) is 4.79 Å². The van der Waals surface area contributed by atoms with Crippen LogP contribution in [-0.4, -0.2) is 35.2 Å². The van der Waals surface area contributed by atoms with Gasteiger partial charge in [-0.3, -0.25) is 4.98 Å². The maximum Gasteiger partial charge on any atom is 0.341 e. The summed E-state index contributed by atoms with van der Waals surface area (Å²) in [5, 5.41) is 1.06. The van der Waals surface area contributed by atoms with Crippen LogP contribution in [0.15, 0.2) is 60.8 Å². The summed E-state index contributed by atoms with van der Waals surface area (Å²) in [6, 6.07) is 18.2. The first-order valence-corrected chi connectivity index (χ1v) is 13.7. The second kappa shape index (κ2) is 10.2. The minimum atomic E-state index is -1.25. The summed E-state index contributed by atoms with van der Waals surface area (Å²) in [5.74, 6) is 0.504. The van der Waals surface area contributed by atoms with Crippen LogP contribution in [0.3, 0.4) is 0 Å². The van der Waals surface area contributed by atoms with Gasteiger partial charge in [-0.1, -0.05) is 32.0 Å². The molecule has 6 heteroatoms. The van der Waals surface area contributed by atoms with Gasteiger partial charge < -0.3 is 18.9 Å². The van der Waals surface area contributed by atoms with Crippen molar-refractivity contribution in [1.82, 2.24) is 9.55 Å². The maximum atomic E-state index is 13.5. The van der Waals surface area contributed by atoms with Gasteiger partial charge in [-0.2, -0.15) is 0 Å². The van der Waals surface area contributed by atoms with Gasteiger partial charge in [0, 0.05) is 65.3 Å². The van der Waals surface area contributed by atoms with Gasteiger partial charge in [0.15, 0.2) is 0 Å². The fourth-order valence-corrected chi connectivity index (χ4v) is 6.08. The van der Waals surface area contributed by atoms with E-state index in [-0.39, 0.29) is 11.9 Å². The molecule has 198 valence electrons. The molecule has 1 unspecified atom stereocenters. The zero-order chi connectivity index (χ0) is 27.0. The molecular formula is C32H37N3O3. The van der Waals surface area contributed by atoms with E-state index >= 15 is 0 Å². The lowest BCUT2D eigenvalue weighted by Gasteiger charge is -2.33. The molecule has 0 spiro atoms. The van der Waals surface area contributed by atoms with Crippen LogP contribution < -0.4 is 9.64 Å². The Morgan fingerprint density at radius 1 is 1.03 bits per heavy atom. The standard InChI is InChI=1S/C32H37N3O3/c1-7-34(8-2)22-17-18-25(27(20-22)37-10-4)32(30-24(31(36)38-32)15-13-19-33-30)28-23-14-11-12-16-26(23)35(9-3)29(28)21(5)6/h11-21H,7-10H2,1-6H3. The number of rotatable bonds is 9. The van der Waals surface area contributed by atoms with Gasteiger partial charge >= 0.3 is 5.97 Å². The number of esters is 1. The van der Waals surface area contributed by atoms with Crippen molar-refractivity contribution in [3.05, 3.63) is 88.9 Å². The molecule has 5 rings (SSSR count). The number of anilines is 1. The number of cyclic esters (lactones) is 1. The highest BCUT2D eigenvalue weighted by Crippen LogP contribution is 2.54. The fraction of sp³-hybridized carbons (Fsp3) is 0.375. The number of aromatic nitrogens is 2. The Balaban J connectivity index is 1.95. The number of hydrogen-bond acceptors (Lipinski definition) is 5. The highest BCUT2D eigenvalue weighted by atomic mass is 16.6. The number of carbonyl (C=O) groups excluding carboxylic acids is 1. The molecule has 0 fully saturated rings. The molecule has 3 heterocycles. The summed E-state index contributed by atoms with van der Waals surface area (Å²) in [6.45, 7) is 15.9. The molecule has 0 saturated carbocycles. The third kappa shape index (κ3) is 3.77. The minimum Gasteiger partial charge on any atom is -0.493 e. The van der Waals surface area contributed by atoms with Crippen LogP contribution >= 0.6 is 0 Å². The maximum absolute atomic E-state index is 13.5. The summed E-state index contributed by atoms with van der Waals surface area (Å²) >= 11 is 0. The monoisotopic (exact) mass is 511 g/mol. The normalized spacial score (nSPS) is 16.7. The van der Waals surface area contributed by atoms with E-state index in [0.29, 0.717) is 23.6 Å².